The number of carbonyl (C=O) groups is 1. The molecule has 11 nitrogen and oxygen atoms in total. The van der Waals surface area contributed by atoms with Gasteiger partial charge in [0.05, 0.1) is 58.1 Å². The van der Waals surface area contributed by atoms with Crippen LogP contribution in [-0.4, -0.2) is 63.1 Å². The van der Waals surface area contributed by atoms with Crippen LogP contribution in [0.2, 0.25) is 0 Å². The van der Waals surface area contributed by atoms with Crippen molar-refractivity contribution < 1.29 is 55.1 Å². The molecule has 15 radical (unpaired) electrons. The number of para-hydroxylation sites is 1. The van der Waals surface area contributed by atoms with Gasteiger partial charge in [0.25, 0.3) is 5.79 Å². The van der Waals surface area contributed by atoms with E-state index < -0.39 is 11.8 Å². The quantitative estimate of drug-likeness (QED) is 0.110. The fourth-order valence-electron chi connectivity index (χ4n) is 2.26. The molecule has 1 unspecified atom stereocenters. The first kappa shape index (κ1) is 58.3. The molecule has 1 rings (SSSR count). The maximum atomic E-state index is 10.9. The Morgan fingerprint density at radius 3 is 1.36 bits per heavy atom. The third kappa shape index (κ3) is 74.5. The molecule has 0 saturated heterocycles. The molecule has 1 atom stereocenters. The highest BCUT2D eigenvalue weighted by Gasteiger charge is 2.27. The molecule has 1 aromatic rings. The average Bonchev–Trinajstić information content (AvgIpc) is 2.97. The number of hydrogen-bond donors (Lipinski definition) is 1. The Kier molecular flexibility index (Phi) is 74.4. The summed E-state index contributed by atoms with van der Waals surface area (Å²) in [7, 11) is 0. The molecule has 0 aliphatic heterocycles. The molecular weight excluding hydrogens is 584 g/mol. The molecule has 45 heavy (non-hydrogen) atoms. The van der Waals surface area contributed by atoms with E-state index in [-0.39, 0.29) is 51.8 Å². The van der Waals surface area contributed by atoms with E-state index in [1.165, 1.54) is 38.9 Å². The van der Waals surface area contributed by atoms with Crippen LogP contribution in [0.1, 0.15) is 58.8 Å². The highest BCUT2D eigenvalue weighted by Crippen LogP contribution is 2.25. The summed E-state index contributed by atoms with van der Waals surface area (Å²) in [6, 6.07) is 9.31. The van der Waals surface area contributed by atoms with Gasteiger partial charge in [-0.15, -0.1) is 0 Å². The van der Waals surface area contributed by atoms with Crippen molar-refractivity contribution in [2.45, 2.75) is 64.6 Å². The molecular formula is C34H57O11. The van der Waals surface area contributed by atoms with Gasteiger partial charge in [-0.2, -0.15) is 0 Å². The fraction of sp³-hybridized carbons (Fsp3) is 0.500. The smallest absolute Gasteiger partial charge is 0.334 e. The summed E-state index contributed by atoms with van der Waals surface area (Å²) >= 11 is 0. The summed E-state index contributed by atoms with van der Waals surface area (Å²) in [6.07, 6.45) is 8.71. The molecule has 0 saturated carbocycles. The third-order valence-corrected chi connectivity index (χ3v) is 3.75. The standard InChI is InChI=1S/C20H29O4.7C2H4O/c1-4-5-6-7-8-12-15-20(3,23-16-17(2)19(21)22)24-18-13-10-9-11-14-18;7*1-2-3/h9-11,13-14,16H,3-8,12,15H2,1-2H3,(H,21,22);7*1-2H2. The van der Waals surface area contributed by atoms with Crippen molar-refractivity contribution in [2.24, 2.45) is 0 Å². The molecule has 259 valence electrons. The van der Waals surface area contributed by atoms with E-state index in [1.807, 2.05) is 30.3 Å². The highest BCUT2D eigenvalue weighted by atomic mass is 16.7. The molecule has 0 aromatic heterocycles. The lowest BCUT2D eigenvalue weighted by Gasteiger charge is -2.30. The van der Waals surface area contributed by atoms with E-state index in [0.29, 0.717) is 12.2 Å². The minimum absolute atomic E-state index is 0.114. The number of aliphatic carboxylic acids is 1. The van der Waals surface area contributed by atoms with Crippen molar-refractivity contribution in [3.8, 4) is 5.75 Å². The van der Waals surface area contributed by atoms with Gasteiger partial charge in [-0.05, 0) is 73.9 Å². The molecule has 1 N–H and O–H groups in total. The van der Waals surface area contributed by atoms with Crippen molar-refractivity contribution in [1.82, 2.24) is 0 Å². The van der Waals surface area contributed by atoms with Gasteiger partial charge in [0.2, 0.25) is 0 Å². The van der Waals surface area contributed by atoms with Crippen LogP contribution in [0.25, 0.3) is 0 Å². The summed E-state index contributed by atoms with van der Waals surface area (Å²) < 4.78 is 11.5. The normalized spacial score (nSPS) is 10.3. The van der Waals surface area contributed by atoms with Gasteiger partial charge in [-0.1, -0.05) is 57.2 Å². The topological polar surface area (TPSA) is 195 Å². The van der Waals surface area contributed by atoms with Crippen LogP contribution in [0, 0.1) is 55.4 Å². The molecule has 0 spiro atoms. The van der Waals surface area contributed by atoms with Crippen molar-refractivity contribution in [3.63, 3.8) is 0 Å². The van der Waals surface area contributed by atoms with Gasteiger partial charge >= 0.3 is 5.97 Å². The second kappa shape index (κ2) is 57.4. The molecule has 1 aromatic carbocycles. The Labute approximate surface area is 275 Å². The number of carboxylic acid groups (broad SMARTS) is 1. The Bertz CT molecular complexity index is 610. The number of carboxylic acids is 1. The summed E-state index contributed by atoms with van der Waals surface area (Å²) in [4.78, 5) is 10.9. The van der Waals surface area contributed by atoms with Crippen LogP contribution in [-0.2, 0) is 45.3 Å². The van der Waals surface area contributed by atoms with Crippen LogP contribution < -0.4 is 4.74 Å². The van der Waals surface area contributed by atoms with E-state index >= 15 is 0 Å². The van der Waals surface area contributed by atoms with Gasteiger partial charge in [0.1, 0.15) is 5.75 Å². The summed E-state index contributed by atoms with van der Waals surface area (Å²) in [5, 5.41) is 70.7. The molecule has 11 heteroatoms. The second-order valence-electron chi connectivity index (χ2n) is 7.50. The Balaban J connectivity index is -0.000000112. The van der Waals surface area contributed by atoms with Crippen LogP contribution in [0.4, 0.5) is 0 Å². The number of rotatable bonds is 12. The number of benzene rings is 1. The zero-order valence-corrected chi connectivity index (χ0v) is 27.6. The minimum atomic E-state index is -1.12. The Morgan fingerprint density at radius 2 is 1.02 bits per heavy atom. The van der Waals surface area contributed by atoms with E-state index in [0.717, 1.165) is 12.8 Å². The van der Waals surface area contributed by atoms with Crippen LogP contribution in [0.15, 0.2) is 42.2 Å². The molecule has 0 aliphatic carbocycles. The van der Waals surface area contributed by atoms with Gasteiger partial charge in [-0.25, -0.2) is 40.5 Å². The van der Waals surface area contributed by atoms with E-state index in [4.69, 9.17) is 50.3 Å². The molecule has 0 aliphatic rings. The molecule has 0 fully saturated rings. The predicted molar refractivity (Wildman–Crippen MR) is 172 cm³/mol. The second-order valence-corrected chi connectivity index (χ2v) is 7.50. The van der Waals surface area contributed by atoms with Gasteiger partial charge in [-0.3, -0.25) is 0 Å². The monoisotopic (exact) mass is 641 g/mol. The zero-order chi connectivity index (χ0) is 36.8. The first-order valence-corrected chi connectivity index (χ1v) is 14.2. The Morgan fingerprint density at radius 1 is 0.689 bits per heavy atom. The van der Waals surface area contributed by atoms with Crippen molar-refractivity contribution in [2.75, 3.05) is 46.2 Å². The van der Waals surface area contributed by atoms with Crippen LogP contribution >= 0.6 is 0 Å². The highest BCUT2D eigenvalue weighted by molar-refractivity contribution is 5.85. The largest absolute Gasteiger partial charge is 0.478 e. The van der Waals surface area contributed by atoms with Crippen LogP contribution in [0.5, 0.6) is 5.75 Å². The first-order chi connectivity index (χ1) is 21.4. The van der Waals surface area contributed by atoms with Crippen LogP contribution in [0.3, 0.4) is 0 Å². The van der Waals surface area contributed by atoms with E-state index in [1.54, 1.807) is 0 Å². The van der Waals surface area contributed by atoms with E-state index in [9.17, 15) is 4.79 Å². The summed E-state index contributed by atoms with van der Waals surface area (Å²) in [5.74, 6) is -1.49. The number of hydrogen-bond acceptors (Lipinski definition) is 3. The molecule has 0 bridgehead atoms. The number of ether oxygens (including phenoxy) is 2. The summed E-state index contributed by atoms with van der Waals surface area (Å²) in [6.45, 7) is 26.5. The average molecular weight is 642 g/mol. The lowest BCUT2D eigenvalue weighted by atomic mass is 10.1. The molecule has 0 heterocycles. The third-order valence-electron chi connectivity index (χ3n) is 3.75. The van der Waals surface area contributed by atoms with Gasteiger partial charge < -0.3 is 14.6 Å². The van der Waals surface area contributed by atoms with Crippen molar-refractivity contribution in [1.29, 1.82) is 0 Å². The lowest BCUT2D eigenvalue weighted by molar-refractivity contribution is -0.134. The van der Waals surface area contributed by atoms with Gasteiger partial charge in [0, 0.05) is 13.3 Å². The summed E-state index contributed by atoms with van der Waals surface area (Å²) in [5.41, 5.74) is 0.114. The fourth-order valence-corrected chi connectivity index (χ4v) is 2.26. The Hall–Kier alpha value is -2.25. The molecule has 0 amide bonds. The predicted octanol–water partition coefficient (Wildman–Crippen LogP) is 7.11. The zero-order valence-electron chi connectivity index (χ0n) is 27.6. The van der Waals surface area contributed by atoms with Crippen molar-refractivity contribution in [3.05, 3.63) is 97.6 Å². The lowest BCUT2D eigenvalue weighted by Crippen LogP contribution is -2.34. The minimum Gasteiger partial charge on any atom is -0.478 e. The SMILES string of the molecule is [CH2]C(CCCCCCCC)(OC=C(C)C(=O)O)Oc1ccccc1.[CH2]C[O].[CH2]C[O].[CH2]C[O].[CH2]C[O].[CH2]C[O].[CH2]C[O].[CH2]C[O]. The number of unbranched alkanes of at least 4 members (excludes halogenated alkanes) is 5. The maximum Gasteiger partial charge on any atom is 0.334 e. The van der Waals surface area contributed by atoms with Crippen molar-refractivity contribution >= 4 is 5.97 Å². The first-order valence-electron chi connectivity index (χ1n) is 14.2. The van der Waals surface area contributed by atoms with Gasteiger partial charge in [0.15, 0.2) is 0 Å². The van der Waals surface area contributed by atoms with E-state index in [2.05, 4.69) is 62.3 Å². The maximum absolute atomic E-state index is 10.9.